The van der Waals surface area contributed by atoms with Crippen LogP contribution in [0.4, 0.5) is 0 Å². The molecule has 2 nitrogen and oxygen atoms in total. The first-order chi connectivity index (χ1) is 4.75. The minimum atomic E-state index is -0.837. The van der Waals surface area contributed by atoms with Gasteiger partial charge in [0, 0.05) is 10.7 Å². The molecule has 1 amide bonds. The average Bonchev–Trinajstić information content (AvgIpc) is 1.87. The highest BCUT2D eigenvalue weighted by Gasteiger charge is 2.45. The molecule has 0 fully saturated rings. The van der Waals surface area contributed by atoms with Crippen LogP contribution in [0.2, 0.25) is 0 Å². The van der Waals surface area contributed by atoms with Gasteiger partial charge in [-0.3, -0.25) is 4.79 Å². The molecule has 0 aliphatic carbocycles. The lowest BCUT2D eigenvalue weighted by molar-refractivity contribution is -0.119. The Morgan fingerprint density at radius 1 is 1.45 bits per heavy atom. The topological polar surface area (TPSA) is 43.1 Å². The molecule has 0 saturated carbocycles. The van der Waals surface area contributed by atoms with Gasteiger partial charge in [-0.25, -0.2) is 0 Å². The number of nitrogens with two attached hydrogens (primary N) is 1. The maximum Gasteiger partial charge on any atom is 0.245 e. The van der Waals surface area contributed by atoms with Gasteiger partial charge in [-0.1, -0.05) is 61.6 Å². The van der Waals surface area contributed by atoms with Crippen LogP contribution in [-0.4, -0.2) is 14.5 Å². The van der Waals surface area contributed by atoms with Crippen LogP contribution in [0.1, 0.15) is 13.8 Å². The van der Waals surface area contributed by atoms with E-state index in [1.54, 1.807) is 0 Å². The molecule has 5 heteroatoms. The smallest absolute Gasteiger partial charge is 0.245 e. The number of hydrogen-bond donors (Lipinski definition) is 1. The summed E-state index contributed by atoms with van der Waals surface area (Å²) in [5.41, 5.74) is 4.91. The van der Waals surface area contributed by atoms with Crippen LogP contribution in [0.15, 0.2) is 0 Å². The fraction of sp³-hybridized carbons (Fsp3) is 0.833. The highest BCUT2D eigenvalue weighted by atomic mass is 79.9. The minimum absolute atomic E-state index is 0.265. The van der Waals surface area contributed by atoms with E-state index in [0.29, 0.717) is 5.33 Å². The number of rotatable bonds is 3. The van der Waals surface area contributed by atoms with E-state index in [-0.39, 0.29) is 5.41 Å². The van der Waals surface area contributed by atoms with Crippen molar-refractivity contribution in [1.82, 2.24) is 0 Å². The lowest BCUT2D eigenvalue weighted by atomic mass is 9.91. The van der Waals surface area contributed by atoms with E-state index in [9.17, 15) is 4.79 Å². The van der Waals surface area contributed by atoms with Gasteiger partial charge < -0.3 is 5.73 Å². The monoisotopic (exact) mass is 349 g/mol. The van der Waals surface area contributed by atoms with Gasteiger partial charge in [0.1, 0.15) is 0 Å². The molecule has 0 aromatic heterocycles. The minimum Gasteiger partial charge on any atom is -0.368 e. The third kappa shape index (κ3) is 2.42. The number of primary amides is 1. The van der Waals surface area contributed by atoms with Crippen molar-refractivity contribution >= 4 is 53.7 Å². The summed E-state index contributed by atoms with van der Waals surface area (Å²) < 4.78 is -0.837. The van der Waals surface area contributed by atoms with Crippen LogP contribution in [0, 0.1) is 5.41 Å². The van der Waals surface area contributed by atoms with E-state index in [2.05, 4.69) is 47.8 Å². The van der Waals surface area contributed by atoms with Gasteiger partial charge in [0.15, 0.2) is 3.23 Å². The Balaban J connectivity index is 4.67. The van der Waals surface area contributed by atoms with Crippen molar-refractivity contribution in [2.75, 3.05) is 5.33 Å². The number of amides is 1. The second kappa shape index (κ2) is 3.75. The van der Waals surface area contributed by atoms with Crippen molar-refractivity contribution in [3.63, 3.8) is 0 Å². The van der Waals surface area contributed by atoms with Crippen LogP contribution in [-0.2, 0) is 4.79 Å². The fourth-order valence-electron chi connectivity index (χ4n) is 0.417. The highest BCUT2D eigenvalue weighted by molar-refractivity contribution is 9.26. The molecule has 0 aromatic carbocycles. The predicted octanol–water partition coefficient (Wildman–Crippen LogP) is 2.38. The van der Waals surface area contributed by atoms with Gasteiger partial charge in [-0.15, -0.1) is 0 Å². The normalized spacial score (nSPS) is 13.2. The molecule has 0 atom stereocenters. The molecule has 0 unspecified atom stereocenters. The Morgan fingerprint density at radius 2 is 1.82 bits per heavy atom. The zero-order valence-corrected chi connectivity index (χ0v) is 11.1. The fourth-order valence-corrected chi connectivity index (χ4v) is 1.87. The van der Waals surface area contributed by atoms with Crippen LogP contribution in [0.3, 0.4) is 0 Å². The van der Waals surface area contributed by atoms with E-state index in [1.807, 2.05) is 13.8 Å². The summed E-state index contributed by atoms with van der Waals surface area (Å²) in [7, 11) is 0. The number of halogens is 3. The van der Waals surface area contributed by atoms with Crippen molar-refractivity contribution in [1.29, 1.82) is 0 Å². The zero-order chi connectivity index (χ0) is 9.28. The summed E-state index contributed by atoms with van der Waals surface area (Å²) in [6.45, 7) is 3.85. The van der Waals surface area contributed by atoms with Crippen LogP contribution >= 0.6 is 47.8 Å². The molecule has 11 heavy (non-hydrogen) atoms. The predicted molar refractivity (Wildman–Crippen MR) is 57.4 cm³/mol. The van der Waals surface area contributed by atoms with E-state index >= 15 is 0 Å². The molecule has 66 valence electrons. The summed E-state index contributed by atoms with van der Waals surface area (Å²) in [5.74, 6) is -0.415. The molecular weight excluding hydrogens is 342 g/mol. The first-order valence-corrected chi connectivity index (χ1v) is 5.70. The van der Waals surface area contributed by atoms with Crippen LogP contribution < -0.4 is 5.73 Å². The Morgan fingerprint density at radius 3 is 1.91 bits per heavy atom. The Hall–Kier alpha value is 0.910. The SMILES string of the molecule is CC(C)(CBr)C(Br)(Br)C(N)=O. The van der Waals surface area contributed by atoms with Crippen molar-refractivity contribution in [3.8, 4) is 0 Å². The first-order valence-electron chi connectivity index (χ1n) is 2.99. The average molecular weight is 352 g/mol. The van der Waals surface area contributed by atoms with Gasteiger partial charge in [0.05, 0.1) is 0 Å². The lowest BCUT2D eigenvalue weighted by Crippen LogP contribution is -2.45. The van der Waals surface area contributed by atoms with Gasteiger partial charge in [0.2, 0.25) is 5.91 Å². The van der Waals surface area contributed by atoms with E-state index < -0.39 is 9.14 Å². The standard InChI is InChI=1S/C6H10Br3NO/c1-5(2,3-7)6(8,9)4(10)11/h3H2,1-2H3,(H2,10,11). The summed E-state index contributed by atoms with van der Waals surface area (Å²) in [4.78, 5) is 10.9. The molecule has 0 saturated heterocycles. The summed E-state index contributed by atoms with van der Waals surface area (Å²) in [6, 6.07) is 0. The van der Waals surface area contributed by atoms with Gasteiger partial charge in [0.25, 0.3) is 0 Å². The third-order valence-corrected chi connectivity index (χ3v) is 5.82. The Kier molecular flexibility index (Phi) is 4.06. The molecular formula is C6H10Br3NO. The Labute approximate surface area is 91.7 Å². The Bertz CT molecular complexity index is 167. The molecule has 0 aliphatic rings. The first kappa shape index (κ1) is 11.9. The highest BCUT2D eigenvalue weighted by Crippen LogP contribution is 2.44. The molecule has 0 aromatic rings. The molecule has 2 N–H and O–H groups in total. The largest absolute Gasteiger partial charge is 0.368 e. The number of carbonyl (C=O) groups excluding carboxylic acids is 1. The zero-order valence-electron chi connectivity index (χ0n) is 6.33. The van der Waals surface area contributed by atoms with E-state index in [0.717, 1.165) is 0 Å². The van der Waals surface area contributed by atoms with Gasteiger partial charge in [-0.2, -0.15) is 0 Å². The quantitative estimate of drug-likeness (QED) is 0.779. The summed E-state index contributed by atoms with van der Waals surface area (Å²) >= 11 is 9.79. The third-order valence-electron chi connectivity index (χ3n) is 1.49. The molecule has 0 radical (unpaired) electrons. The number of hydrogen-bond acceptors (Lipinski definition) is 1. The van der Waals surface area contributed by atoms with Crippen LogP contribution in [0.5, 0.6) is 0 Å². The molecule has 0 bridgehead atoms. The molecule has 0 rings (SSSR count). The van der Waals surface area contributed by atoms with Crippen molar-refractivity contribution in [3.05, 3.63) is 0 Å². The van der Waals surface area contributed by atoms with E-state index in [1.165, 1.54) is 0 Å². The number of carbonyl (C=O) groups is 1. The van der Waals surface area contributed by atoms with Crippen molar-refractivity contribution in [2.24, 2.45) is 11.1 Å². The van der Waals surface area contributed by atoms with Gasteiger partial charge in [-0.05, 0) is 0 Å². The number of alkyl halides is 3. The van der Waals surface area contributed by atoms with Crippen LogP contribution in [0.25, 0.3) is 0 Å². The summed E-state index contributed by atoms with van der Waals surface area (Å²) in [5, 5.41) is 0.680. The molecule has 0 heterocycles. The maximum atomic E-state index is 10.9. The van der Waals surface area contributed by atoms with Crippen molar-refractivity contribution < 1.29 is 4.79 Å². The van der Waals surface area contributed by atoms with E-state index in [4.69, 9.17) is 5.73 Å². The maximum absolute atomic E-state index is 10.9. The van der Waals surface area contributed by atoms with Gasteiger partial charge >= 0.3 is 0 Å². The second-order valence-corrected chi connectivity index (χ2v) is 6.96. The molecule has 0 spiro atoms. The molecule has 0 aliphatic heterocycles. The lowest BCUT2D eigenvalue weighted by Gasteiger charge is -2.33. The second-order valence-electron chi connectivity index (χ2n) is 2.96. The summed E-state index contributed by atoms with van der Waals surface area (Å²) in [6.07, 6.45) is 0. The van der Waals surface area contributed by atoms with Crippen molar-refractivity contribution in [2.45, 2.75) is 17.1 Å².